The van der Waals surface area contributed by atoms with E-state index in [9.17, 15) is 0 Å². The summed E-state index contributed by atoms with van der Waals surface area (Å²) in [5.41, 5.74) is 1.04. The monoisotopic (exact) mass is 298 g/mol. The Balaban J connectivity index is 2.02. The summed E-state index contributed by atoms with van der Waals surface area (Å²) >= 11 is 5.00. The van der Waals surface area contributed by atoms with Gasteiger partial charge in [-0.05, 0) is 35.0 Å². The first-order chi connectivity index (χ1) is 7.66. The highest BCUT2D eigenvalue weighted by atomic mass is 79.9. The predicted molar refractivity (Wildman–Crippen MR) is 67.2 cm³/mol. The van der Waals surface area contributed by atoms with E-state index in [1.165, 1.54) is 0 Å². The van der Waals surface area contributed by atoms with Gasteiger partial charge in [-0.15, -0.1) is 10.2 Å². The van der Waals surface area contributed by atoms with Crippen molar-refractivity contribution >= 4 is 27.7 Å². The third-order valence-corrected chi connectivity index (χ3v) is 3.71. The molecule has 2 aromatic rings. The molecule has 0 spiro atoms. The van der Waals surface area contributed by atoms with Crippen molar-refractivity contribution in [3.63, 3.8) is 0 Å². The highest BCUT2D eigenvalue weighted by Crippen LogP contribution is 2.20. The maximum Gasteiger partial charge on any atom is 0.191 e. The van der Waals surface area contributed by atoms with E-state index in [-0.39, 0.29) is 0 Å². The molecule has 2 rings (SSSR count). The normalized spacial score (nSPS) is 10.7. The third-order valence-electron chi connectivity index (χ3n) is 2.19. The van der Waals surface area contributed by atoms with E-state index < -0.39 is 0 Å². The Morgan fingerprint density at radius 3 is 2.75 bits per heavy atom. The molecular formula is C10H11BrN4S. The SMILES string of the molecule is Cc1nnc(SCc2ccc(Br)cn2)n1C. The van der Waals surface area contributed by atoms with E-state index >= 15 is 0 Å². The highest BCUT2D eigenvalue weighted by Gasteiger charge is 2.05. The van der Waals surface area contributed by atoms with Crippen LogP contribution in [0.3, 0.4) is 0 Å². The van der Waals surface area contributed by atoms with Crippen LogP contribution in [0.2, 0.25) is 0 Å². The van der Waals surface area contributed by atoms with Gasteiger partial charge in [-0.2, -0.15) is 0 Å². The van der Waals surface area contributed by atoms with Crippen molar-refractivity contribution < 1.29 is 0 Å². The number of halogens is 1. The van der Waals surface area contributed by atoms with Gasteiger partial charge in [0, 0.05) is 23.5 Å². The second-order valence-corrected chi connectivity index (χ2v) is 5.20. The second-order valence-electron chi connectivity index (χ2n) is 3.35. The lowest BCUT2D eigenvalue weighted by molar-refractivity contribution is 0.765. The molecule has 0 saturated carbocycles. The summed E-state index contributed by atoms with van der Waals surface area (Å²) in [7, 11) is 1.96. The molecule has 6 heteroatoms. The average Bonchev–Trinajstić information content (AvgIpc) is 2.60. The minimum atomic E-state index is 0.805. The first kappa shape index (κ1) is 11.6. The van der Waals surface area contributed by atoms with Crippen LogP contribution in [-0.4, -0.2) is 19.7 Å². The van der Waals surface area contributed by atoms with Crippen LogP contribution in [0.25, 0.3) is 0 Å². The lowest BCUT2D eigenvalue weighted by Crippen LogP contribution is -1.94. The van der Waals surface area contributed by atoms with E-state index in [1.54, 1.807) is 18.0 Å². The highest BCUT2D eigenvalue weighted by molar-refractivity contribution is 9.10. The number of thioether (sulfide) groups is 1. The third kappa shape index (κ3) is 2.62. The summed E-state index contributed by atoms with van der Waals surface area (Å²) in [4.78, 5) is 4.30. The number of rotatable bonds is 3. The van der Waals surface area contributed by atoms with Crippen LogP contribution in [0.5, 0.6) is 0 Å². The molecule has 4 nitrogen and oxygen atoms in total. The summed E-state index contributed by atoms with van der Waals surface area (Å²) in [6, 6.07) is 3.99. The summed E-state index contributed by atoms with van der Waals surface area (Å²) in [6.07, 6.45) is 1.80. The van der Waals surface area contributed by atoms with Gasteiger partial charge in [0.25, 0.3) is 0 Å². The van der Waals surface area contributed by atoms with E-state index in [1.807, 2.05) is 30.7 Å². The lowest BCUT2D eigenvalue weighted by Gasteiger charge is -2.01. The van der Waals surface area contributed by atoms with Crippen LogP contribution in [0.15, 0.2) is 28.0 Å². The minimum Gasteiger partial charge on any atom is -0.309 e. The summed E-state index contributed by atoms with van der Waals surface area (Å²) < 4.78 is 2.97. The Morgan fingerprint density at radius 2 is 2.19 bits per heavy atom. The van der Waals surface area contributed by atoms with Gasteiger partial charge in [0.05, 0.1) is 5.69 Å². The van der Waals surface area contributed by atoms with Crippen LogP contribution in [0.1, 0.15) is 11.5 Å². The van der Waals surface area contributed by atoms with Crippen molar-refractivity contribution in [2.24, 2.45) is 7.05 Å². The fraction of sp³-hybridized carbons (Fsp3) is 0.300. The van der Waals surface area contributed by atoms with Crippen molar-refractivity contribution in [1.29, 1.82) is 0 Å². The summed E-state index contributed by atoms with van der Waals surface area (Å²) in [6.45, 7) is 1.94. The van der Waals surface area contributed by atoms with E-state index in [2.05, 4.69) is 31.1 Å². The zero-order chi connectivity index (χ0) is 11.5. The van der Waals surface area contributed by atoms with Crippen molar-refractivity contribution in [1.82, 2.24) is 19.7 Å². The Bertz CT molecular complexity index is 480. The fourth-order valence-electron chi connectivity index (χ4n) is 1.14. The summed E-state index contributed by atoms with van der Waals surface area (Å²) in [5.74, 6) is 1.73. The lowest BCUT2D eigenvalue weighted by atomic mass is 10.4. The maximum atomic E-state index is 4.30. The van der Waals surface area contributed by atoms with Gasteiger partial charge < -0.3 is 4.57 Å². The van der Waals surface area contributed by atoms with E-state index in [4.69, 9.17) is 0 Å². The largest absolute Gasteiger partial charge is 0.309 e. The minimum absolute atomic E-state index is 0.805. The van der Waals surface area contributed by atoms with Crippen LogP contribution in [0.4, 0.5) is 0 Å². The molecule has 0 N–H and O–H groups in total. The molecule has 0 fully saturated rings. The standard InChI is InChI=1S/C10H11BrN4S/c1-7-13-14-10(15(7)2)16-6-9-4-3-8(11)5-12-9/h3-5H,6H2,1-2H3. The molecule has 2 aromatic heterocycles. The number of nitrogens with zero attached hydrogens (tertiary/aromatic N) is 4. The number of hydrogen-bond donors (Lipinski definition) is 0. The van der Waals surface area contributed by atoms with Crippen LogP contribution >= 0.6 is 27.7 Å². The Kier molecular flexibility index (Phi) is 3.60. The van der Waals surface area contributed by atoms with Crippen LogP contribution < -0.4 is 0 Å². The smallest absolute Gasteiger partial charge is 0.191 e. The molecule has 0 saturated heterocycles. The molecule has 0 aliphatic rings. The van der Waals surface area contributed by atoms with Gasteiger partial charge in [0.2, 0.25) is 0 Å². The molecule has 16 heavy (non-hydrogen) atoms. The zero-order valence-corrected chi connectivity index (χ0v) is 11.4. The first-order valence-corrected chi connectivity index (χ1v) is 6.54. The second kappa shape index (κ2) is 4.97. The molecule has 0 aliphatic carbocycles. The average molecular weight is 299 g/mol. The van der Waals surface area contributed by atoms with Crippen LogP contribution in [-0.2, 0) is 12.8 Å². The Labute approximate surface area is 107 Å². The molecule has 2 heterocycles. The van der Waals surface area contributed by atoms with Crippen molar-refractivity contribution in [3.8, 4) is 0 Å². The molecule has 0 aromatic carbocycles. The Morgan fingerprint density at radius 1 is 1.38 bits per heavy atom. The number of pyridine rings is 1. The maximum absolute atomic E-state index is 4.30. The predicted octanol–water partition coefficient (Wildman–Crippen LogP) is 2.57. The van der Waals surface area contributed by atoms with Gasteiger partial charge in [-0.3, -0.25) is 4.98 Å². The number of aryl methyl sites for hydroxylation is 1. The number of hydrogen-bond acceptors (Lipinski definition) is 4. The molecule has 0 amide bonds. The molecule has 0 bridgehead atoms. The van der Waals surface area contributed by atoms with E-state index in [0.717, 1.165) is 26.9 Å². The van der Waals surface area contributed by atoms with Crippen molar-refractivity contribution in [3.05, 3.63) is 34.3 Å². The molecule has 84 valence electrons. The van der Waals surface area contributed by atoms with E-state index in [0.29, 0.717) is 0 Å². The zero-order valence-electron chi connectivity index (χ0n) is 9.01. The first-order valence-electron chi connectivity index (χ1n) is 4.76. The topological polar surface area (TPSA) is 43.6 Å². The van der Waals surface area contributed by atoms with Crippen LogP contribution in [0, 0.1) is 6.92 Å². The fourth-order valence-corrected chi connectivity index (χ4v) is 2.25. The molecular weight excluding hydrogens is 288 g/mol. The molecule has 0 radical (unpaired) electrons. The van der Waals surface area contributed by atoms with Crippen molar-refractivity contribution in [2.45, 2.75) is 17.8 Å². The molecule has 0 unspecified atom stereocenters. The Hall–Kier alpha value is -0.880. The summed E-state index contributed by atoms with van der Waals surface area (Å²) in [5, 5.41) is 9.01. The van der Waals surface area contributed by atoms with Gasteiger partial charge in [-0.1, -0.05) is 11.8 Å². The quantitative estimate of drug-likeness (QED) is 0.817. The van der Waals surface area contributed by atoms with Crippen molar-refractivity contribution in [2.75, 3.05) is 0 Å². The molecule has 0 atom stereocenters. The van der Waals surface area contributed by atoms with Gasteiger partial charge in [0.1, 0.15) is 5.82 Å². The van der Waals surface area contributed by atoms with Gasteiger partial charge >= 0.3 is 0 Å². The molecule has 0 aliphatic heterocycles. The van der Waals surface area contributed by atoms with Gasteiger partial charge in [-0.25, -0.2) is 0 Å². The number of aromatic nitrogens is 4. The van der Waals surface area contributed by atoms with Gasteiger partial charge in [0.15, 0.2) is 5.16 Å².